The number of carboxylic acid groups (broad SMARTS) is 1. The number of nitrogens with zero attached hydrogens (tertiary/aromatic N) is 2. The molecule has 1 N–H and O–H groups in total. The Morgan fingerprint density at radius 2 is 2.14 bits per heavy atom. The predicted molar refractivity (Wildman–Crippen MR) is 80.2 cm³/mol. The van der Waals surface area contributed by atoms with E-state index >= 15 is 0 Å². The van der Waals surface area contributed by atoms with Gasteiger partial charge >= 0.3 is 12.0 Å². The largest absolute Gasteiger partial charge is 0.481 e. The van der Waals surface area contributed by atoms with E-state index in [1.54, 1.807) is 22.9 Å². The van der Waals surface area contributed by atoms with Crippen molar-refractivity contribution in [3.63, 3.8) is 0 Å². The highest BCUT2D eigenvalue weighted by Crippen LogP contribution is 2.24. The number of carbonyl (C=O) groups is 2. The van der Waals surface area contributed by atoms with E-state index in [9.17, 15) is 9.59 Å². The summed E-state index contributed by atoms with van der Waals surface area (Å²) in [6, 6.07) is 7.20. The van der Waals surface area contributed by atoms with Crippen LogP contribution in [0.15, 0.2) is 24.3 Å². The van der Waals surface area contributed by atoms with Crippen molar-refractivity contribution in [2.75, 3.05) is 20.1 Å². The minimum absolute atomic E-state index is 0.0222. The Hall–Kier alpha value is -1.75. The maximum absolute atomic E-state index is 12.4. The number of carbonyl (C=O) groups excluding carboxylic acids is 1. The lowest BCUT2D eigenvalue weighted by atomic mass is 9.99. The Kier molecular flexibility index (Phi) is 4.73. The topological polar surface area (TPSA) is 60.9 Å². The van der Waals surface area contributed by atoms with Crippen LogP contribution in [0.4, 0.5) is 4.79 Å². The second kappa shape index (κ2) is 6.35. The van der Waals surface area contributed by atoms with Gasteiger partial charge in [0.05, 0.1) is 5.92 Å². The molecule has 1 heterocycles. The molecule has 1 aliphatic heterocycles. The van der Waals surface area contributed by atoms with Crippen LogP contribution in [0, 0.1) is 11.8 Å². The van der Waals surface area contributed by atoms with Gasteiger partial charge in [0.2, 0.25) is 0 Å². The van der Waals surface area contributed by atoms with Gasteiger partial charge in [0, 0.05) is 31.7 Å². The Labute approximate surface area is 129 Å². The molecule has 0 spiro atoms. The van der Waals surface area contributed by atoms with Crippen LogP contribution in [0.1, 0.15) is 12.5 Å². The average Bonchev–Trinajstić information content (AvgIpc) is 2.80. The summed E-state index contributed by atoms with van der Waals surface area (Å²) in [6.07, 6.45) is 0. The molecule has 0 unspecified atom stereocenters. The monoisotopic (exact) mass is 310 g/mol. The molecular formula is C15H19ClN2O3. The zero-order valence-electron chi connectivity index (χ0n) is 12.1. The Morgan fingerprint density at radius 1 is 1.43 bits per heavy atom. The number of hydrogen-bond donors (Lipinski definition) is 1. The fourth-order valence-corrected chi connectivity index (χ4v) is 2.88. The van der Waals surface area contributed by atoms with Gasteiger partial charge < -0.3 is 14.9 Å². The van der Waals surface area contributed by atoms with E-state index < -0.39 is 11.9 Å². The molecule has 5 nitrogen and oxygen atoms in total. The van der Waals surface area contributed by atoms with Gasteiger partial charge in [-0.25, -0.2) is 4.79 Å². The average molecular weight is 311 g/mol. The highest BCUT2D eigenvalue weighted by molar-refractivity contribution is 6.30. The lowest BCUT2D eigenvalue weighted by Crippen LogP contribution is -2.40. The quantitative estimate of drug-likeness (QED) is 0.933. The molecule has 1 saturated heterocycles. The Morgan fingerprint density at radius 3 is 2.71 bits per heavy atom. The molecule has 2 atom stereocenters. The molecule has 1 aromatic carbocycles. The standard InChI is InChI=1S/C15H19ClN2O3/c1-10-7-18(9-13(10)14(19)20)15(21)17(2)8-11-4-3-5-12(16)6-11/h3-6,10,13H,7-9H2,1-2H3,(H,19,20)/t10-,13-/m1/s1. The third-order valence-electron chi connectivity index (χ3n) is 3.84. The molecule has 0 aliphatic carbocycles. The van der Waals surface area contributed by atoms with Crippen molar-refractivity contribution in [2.24, 2.45) is 11.8 Å². The van der Waals surface area contributed by atoms with Crippen LogP contribution in [-0.2, 0) is 11.3 Å². The van der Waals surface area contributed by atoms with E-state index in [0.717, 1.165) is 5.56 Å². The third kappa shape index (κ3) is 3.67. The summed E-state index contributed by atoms with van der Waals surface area (Å²) in [5.41, 5.74) is 0.945. The summed E-state index contributed by atoms with van der Waals surface area (Å²) >= 11 is 5.93. The van der Waals surface area contributed by atoms with Crippen LogP contribution in [0.25, 0.3) is 0 Å². The van der Waals surface area contributed by atoms with Crippen molar-refractivity contribution >= 4 is 23.6 Å². The lowest BCUT2D eigenvalue weighted by Gasteiger charge is -2.24. The Bertz CT molecular complexity index is 549. The molecule has 1 aromatic rings. The van der Waals surface area contributed by atoms with Gasteiger partial charge in [0.1, 0.15) is 0 Å². The molecule has 0 aromatic heterocycles. The minimum Gasteiger partial charge on any atom is -0.481 e. The molecule has 0 radical (unpaired) electrons. The predicted octanol–water partition coefficient (Wildman–Crippen LogP) is 2.54. The molecule has 21 heavy (non-hydrogen) atoms. The molecule has 0 bridgehead atoms. The normalized spacial score (nSPS) is 21.4. The van der Waals surface area contributed by atoms with Crippen molar-refractivity contribution in [1.82, 2.24) is 9.80 Å². The molecule has 2 amide bonds. The first-order chi connectivity index (χ1) is 9.88. The van der Waals surface area contributed by atoms with E-state index in [4.69, 9.17) is 16.7 Å². The van der Waals surface area contributed by atoms with Crippen LogP contribution in [-0.4, -0.2) is 47.0 Å². The number of rotatable bonds is 3. The van der Waals surface area contributed by atoms with Gasteiger partial charge in [-0.1, -0.05) is 30.7 Å². The van der Waals surface area contributed by atoms with E-state index in [2.05, 4.69) is 0 Å². The summed E-state index contributed by atoms with van der Waals surface area (Å²) in [7, 11) is 1.71. The first kappa shape index (κ1) is 15.6. The Balaban J connectivity index is 1.99. The number of halogens is 1. The summed E-state index contributed by atoms with van der Waals surface area (Å²) < 4.78 is 0. The van der Waals surface area contributed by atoms with Crippen molar-refractivity contribution in [2.45, 2.75) is 13.5 Å². The lowest BCUT2D eigenvalue weighted by molar-refractivity contribution is -0.142. The summed E-state index contributed by atoms with van der Waals surface area (Å²) in [4.78, 5) is 26.7. The second-order valence-corrected chi connectivity index (χ2v) is 6.03. The first-order valence-electron chi connectivity index (χ1n) is 6.85. The van der Waals surface area contributed by atoms with E-state index in [1.807, 2.05) is 25.1 Å². The second-order valence-electron chi connectivity index (χ2n) is 5.60. The van der Waals surface area contributed by atoms with Crippen molar-refractivity contribution < 1.29 is 14.7 Å². The smallest absolute Gasteiger partial charge is 0.320 e. The highest BCUT2D eigenvalue weighted by Gasteiger charge is 2.37. The number of hydrogen-bond acceptors (Lipinski definition) is 2. The number of carboxylic acids is 1. The number of amides is 2. The molecular weight excluding hydrogens is 292 g/mol. The van der Waals surface area contributed by atoms with Crippen molar-refractivity contribution in [1.29, 1.82) is 0 Å². The maximum Gasteiger partial charge on any atom is 0.320 e. The zero-order valence-corrected chi connectivity index (χ0v) is 12.9. The van der Waals surface area contributed by atoms with Gasteiger partial charge in [-0.3, -0.25) is 4.79 Å². The molecule has 2 rings (SSSR count). The van der Waals surface area contributed by atoms with Crippen LogP contribution in [0.5, 0.6) is 0 Å². The first-order valence-corrected chi connectivity index (χ1v) is 7.23. The third-order valence-corrected chi connectivity index (χ3v) is 4.07. The van der Waals surface area contributed by atoms with Gasteiger partial charge in [-0.2, -0.15) is 0 Å². The molecule has 1 fully saturated rings. The SMILES string of the molecule is C[C@@H]1CN(C(=O)N(C)Cc2cccc(Cl)c2)C[C@H]1C(=O)O. The molecule has 0 saturated carbocycles. The van der Waals surface area contributed by atoms with Crippen LogP contribution in [0.2, 0.25) is 5.02 Å². The summed E-state index contributed by atoms with van der Waals surface area (Å²) in [5.74, 6) is -1.34. The minimum atomic E-state index is -0.838. The zero-order chi connectivity index (χ0) is 15.6. The van der Waals surface area contributed by atoms with E-state index in [0.29, 0.717) is 18.1 Å². The molecule has 6 heteroatoms. The number of likely N-dealkylation sites (tertiary alicyclic amines) is 1. The van der Waals surface area contributed by atoms with Crippen LogP contribution < -0.4 is 0 Å². The maximum atomic E-state index is 12.4. The number of aliphatic carboxylic acids is 1. The summed E-state index contributed by atoms with van der Waals surface area (Å²) in [6.45, 7) is 3.07. The molecule has 1 aliphatic rings. The van der Waals surface area contributed by atoms with Crippen molar-refractivity contribution in [3.8, 4) is 0 Å². The van der Waals surface area contributed by atoms with E-state index in [1.165, 1.54) is 0 Å². The fraction of sp³-hybridized carbons (Fsp3) is 0.467. The van der Waals surface area contributed by atoms with Gasteiger partial charge in [0.25, 0.3) is 0 Å². The van der Waals surface area contributed by atoms with Crippen LogP contribution >= 0.6 is 11.6 Å². The highest BCUT2D eigenvalue weighted by atomic mass is 35.5. The van der Waals surface area contributed by atoms with E-state index in [-0.39, 0.29) is 18.5 Å². The fourth-order valence-electron chi connectivity index (χ4n) is 2.66. The van der Waals surface area contributed by atoms with Gasteiger partial charge in [-0.15, -0.1) is 0 Å². The van der Waals surface area contributed by atoms with Gasteiger partial charge in [0.15, 0.2) is 0 Å². The van der Waals surface area contributed by atoms with Crippen molar-refractivity contribution in [3.05, 3.63) is 34.9 Å². The number of urea groups is 1. The number of benzene rings is 1. The summed E-state index contributed by atoms with van der Waals surface area (Å²) in [5, 5.41) is 9.75. The van der Waals surface area contributed by atoms with Gasteiger partial charge in [-0.05, 0) is 23.6 Å². The molecule has 114 valence electrons. The van der Waals surface area contributed by atoms with Crippen LogP contribution in [0.3, 0.4) is 0 Å².